The number of anilines is 2. The predicted molar refractivity (Wildman–Crippen MR) is 91.7 cm³/mol. The van der Waals surface area contributed by atoms with Crippen molar-refractivity contribution in [1.82, 2.24) is 25.5 Å². The first-order valence-electron chi connectivity index (χ1n) is 8.10. The van der Waals surface area contributed by atoms with Crippen molar-refractivity contribution in [2.24, 2.45) is 5.73 Å². The Hall–Kier alpha value is -3.32. The minimum atomic E-state index is -0.389. The molecule has 3 rings (SSSR count). The number of nitriles is 1. The maximum Gasteiger partial charge on any atom is 0.275 e. The van der Waals surface area contributed by atoms with E-state index < -0.39 is 0 Å². The van der Waals surface area contributed by atoms with Crippen molar-refractivity contribution in [1.29, 1.82) is 5.26 Å². The number of aromatic nitrogens is 4. The number of amides is 1. The Morgan fingerprint density at radius 3 is 2.77 bits per heavy atom. The van der Waals surface area contributed by atoms with Gasteiger partial charge in [0.15, 0.2) is 23.0 Å². The van der Waals surface area contributed by atoms with Crippen molar-refractivity contribution in [3.8, 4) is 11.8 Å². The molecule has 1 amide bonds. The third-order valence-electron chi connectivity index (χ3n) is 3.94. The van der Waals surface area contributed by atoms with Gasteiger partial charge in [0.25, 0.3) is 5.91 Å². The zero-order chi connectivity index (χ0) is 18.5. The number of rotatable bonds is 5. The highest BCUT2D eigenvalue weighted by atomic mass is 16.5. The molecule has 1 fully saturated rings. The van der Waals surface area contributed by atoms with Crippen molar-refractivity contribution >= 4 is 17.5 Å². The lowest BCUT2D eigenvalue weighted by atomic mass is 10.2. The molecule has 0 aromatic carbocycles. The van der Waals surface area contributed by atoms with Gasteiger partial charge in [0.1, 0.15) is 18.0 Å². The molecule has 0 aliphatic heterocycles. The topological polar surface area (TPSA) is 152 Å². The monoisotopic (exact) mass is 354 g/mol. The van der Waals surface area contributed by atoms with Gasteiger partial charge in [-0.05, 0) is 19.3 Å². The third kappa shape index (κ3) is 4.01. The van der Waals surface area contributed by atoms with Gasteiger partial charge < -0.3 is 21.1 Å². The maximum absolute atomic E-state index is 12.0. The number of nitrogens with one attached hydrogen (secondary N) is 2. The van der Waals surface area contributed by atoms with E-state index in [0.29, 0.717) is 17.4 Å². The summed E-state index contributed by atoms with van der Waals surface area (Å²) in [6, 6.07) is 3.58. The van der Waals surface area contributed by atoms with Gasteiger partial charge in [-0.15, -0.1) is 10.2 Å². The molecule has 10 nitrogen and oxygen atoms in total. The number of nitrogens with two attached hydrogens (primary N) is 1. The van der Waals surface area contributed by atoms with Gasteiger partial charge in [-0.2, -0.15) is 5.26 Å². The highest BCUT2D eigenvalue weighted by Crippen LogP contribution is 2.27. The van der Waals surface area contributed by atoms with Crippen LogP contribution in [0.4, 0.5) is 11.6 Å². The number of ether oxygens (including phenoxy) is 1. The fourth-order valence-electron chi connectivity index (χ4n) is 2.64. The standard InChI is InChI=1S/C16H18N8O2/c1-19-16(25)15-12(26-11-3-2-9(18)4-11)5-13(23-24-15)22-14-8-20-10(6-17)7-21-14/h5,7-9,11H,2-4,18H2,1H3,(H,19,25)(H,21,22,23). The van der Waals surface area contributed by atoms with Crippen LogP contribution in [0.25, 0.3) is 0 Å². The molecule has 1 saturated carbocycles. The Labute approximate surface area is 149 Å². The highest BCUT2D eigenvalue weighted by molar-refractivity contribution is 5.94. The van der Waals surface area contributed by atoms with Gasteiger partial charge >= 0.3 is 0 Å². The summed E-state index contributed by atoms with van der Waals surface area (Å²) >= 11 is 0. The van der Waals surface area contributed by atoms with Crippen molar-refractivity contribution < 1.29 is 9.53 Å². The van der Waals surface area contributed by atoms with Crippen LogP contribution in [0.2, 0.25) is 0 Å². The minimum Gasteiger partial charge on any atom is -0.488 e. The predicted octanol–water partition coefficient (Wildman–Crippen LogP) is 0.500. The Kier molecular flexibility index (Phi) is 5.19. The second-order valence-corrected chi connectivity index (χ2v) is 5.86. The van der Waals surface area contributed by atoms with Crippen LogP contribution in [0, 0.1) is 11.3 Å². The summed E-state index contributed by atoms with van der Waals surface area (Å²) in [6.07, 6.45) is 5.10. The summed E-state index contributed by atoms with van der Waals surface area (Å²) in [5, 5.41) is 22.1. The zero-order valence-corrected chi connectivity index (χ0v) is 14.1. The van der Waals surface area contributed by atoms with E-state index in [-0.39, 0.29) is 29.4 Å². The largest absolute Gasteiger partial charge is 0.488 e. The van der Waals surface area contributed by atoms with Gasteiger partial charge in [0, 0.05) is 19.2 Å². The van der Waals surface area contributed by atoms with E-state index in [0.717, 1.165) is 19.3 Å². The first-order chi connectivity index (χ1) is 12.6. The van der Waals surface area contributed by atoms with Crippen LogP contribution in [0.3, 0.4) is 0 Å². The number of carbonyl (C=O) groups excluding carboxylic acids is 1. The number of hydrogen-bond donors (Lipinski definition) is 3. The third-order valence-corrected chi connectivity index (χ3v) is 3.94. The van der Waals surface area contributed by atoms with Crippen LogP contribution in [-0.4, -0.2) is 45.3 Å². The van der Waals surface area contributed by atoms with Gasteiger partial charge in [-0.3, -0.25) is 4.79 Å². The molecule has 134 valence electrons. The number of carbonyl (C=O) groups is 1. The smallest absolute Gasteiger partial charge is 0.275 e. The van der Waals surface area contributed by atoms with Crippen molar-refractivity contribution in [2.75, 3.05) is 12.4 Å². The molecule has 2 heterocycles. The molecular weight excluding hydrogens is 336 g/mol. The van der Waals surface area contributed by atoms with E-state index in [1.54, 1.807) is 6.07 Å². The Bertz CT molecular complexity index is 833. The second kappa shape index (κ2) is 7.71. The molecule has 26 heavy (non-hydrogen) atoms. The molecule has 0 saturated heterocycles. The SMILES string of the molecule is CNC(=O)c1nnc(Nc2cnc(C#N)cn2)cc1OC1CCC(N)C1. The molecule has 0 spiro atoms. The lowest BCUT2D eigenvalue weighted by Gasteiger charge is -2.16. The summed E-state index contributed by atoms with van der Waals surface area (Å²) < 4.78 is 5.95. The van der Waals surface area contributed by atoms with Crippen LogP contribution in [0.1, 0.15) is 35.4 Å². The molecular formula is C16H18N8O2. The van der Waals surface area contributed by atoms with Crippen molar-refractivity contribution in [3.05, 3.63) is 29.8 Å². The number of nitrogens with zero attached hydrogens (tertiary/aromatic N) is 5. The fraction of sp³-hybridized carbons (Fsp3) is 0.375. The van der Waals surface area contributed by atoms with Gasteiger partial charge in [-0.25, -0.2) is 9.97 Å². The Morgan fingerprint density at radius 2 is 2.15 bits per heavy atom. The van der Waals surface area contributed by atoms with E-state index in [1.807, 2.05) is 6.07 Å². The van der Waals surface area contributed by atoms with Crippen LogP contribution < -0.4 is 21.1 Å². The summed E-state index contributed by atoms with van der Waals surface area (Å²) in [6.45, 7) is 0. The molecule has 2 aromatic heterocycles. The van der Waals surface area contributed by atoms with Crippen LogP contribution in [0.15, 0.2) is 18.5 Å². The summed E-state index contributed by atoms with van der Waals surface area (Å²) in [5.41, 5.74) is 6.23. The van der Waals surface area contributed by atoms with Crippen LogP contribution in [-0.2, 0) is 0 Å². The minimum absolute atomic E-state index is 0.0693. The van der Waals surface area contributed by atoms with E-state index in [9.17, 15) is 4.79 Å². The van der Waals surface area contributed by atoms with Gasteiger partial charge in [0.2, 0.25) is 0 Å². The van der Waals surface area contributed by atoms with Gasteiger partial charge in [0.05, 0.1) is 12.4 Å². The van der Waals surface area contributed by atoms with E-state index in [4.69, 9.17) is 15.7 Å². The molecule has 0 radical (unpaired) electrons. The molecule has 2 unspecified atom stereocenters. The van der Waals surface area contributed by atoms with Crippen LogP contribution >= 0.6 is 0 Å². The first-order valence-corrected chi connectivity index (χ1v) is 8.10. The van der Waals surface area contributed by atoms with Crippen molar-refractivity contribution in [3.63, 3.8) is 0 Å². The van der Waals surface area contributed by atoms with E-state index in [1.165, 1.54) is 19.4 Å². The van der Waals surface area contributed by atoms with Crippen LogP contribution in [0.5, 0.6) is 5.75 Å². The van der Waals surface area contributed by atoms with E-state index in [2.05, 4.69) is 30.8 Å². The lowest BCUT2D eigenvalue weighted by Crippen LogP contribution is -2.24. The summed E-state index contributed by atoms with van der Waals surface area (Å²) in [4.78, 5) is 20.0. The second-order valence-electron chi connectivity index (χ2n) is 5.86. The first kappa shape index (κ1) is 17.5. The molecule has 1 aliphatic carbocycles. The quantitative estimate of drug-likeness (QED) is 0.696. The average Bonchev–Trinajstić information content (AvgIpc) is 3.07. The molecule has 4 N–H and O–H groups in total. The number of hydrogen-bond acceptors (Lipinski definition) is 9. The molecule has 0 bridgehead atoms. The molecule has 10 heteroatoms. The average molecular weight is 354 g/mol. The maximum atomic E-state index is 12.0. The van der Waals surface area contributed by atoms with Gasteiger partial charge in [-0.1, -0.05) is 0 Å². The summed E-state index contributed by atoms with van der Waals surface area (Å²) in [5.74, 6) is 0.663. The molecule has 2 atom stereocenters. The molecule has 2 aromatic rings. The Balaban J connectivity index is 1.83. The highest BCUT2D eigenvalue weighted by Gasteiger charge is 2.26. The summed E-state index contributed by atoms with van der Waals surface area (Å²) in [7, 11) is 1.51. The Morgan fingerprint density at radius 1 is 1.31 bits per heavy atom. The van der Waals surface area contributed by atoms with Crippen molar-refractivity contribution in [2.45, 2.75) is 31.4 Å². The normalized spacial score (nSPS) is 18.8. The zero-order valence-electron chi connectivity index (χ0n) is 14.1. The fourth-order valence-corrected chi connectivity index (χ4v) is 2.64. The lowest BCUT2D eigenvalue weighted by molar-refractivity contribution is 0.0949. The molecule has 1 aliphatic rings. The van der Waals surface area contributed by atoms with E-state index >= 15 is 0 Å².